The van der Waals surface area contributed by atoms with E-state index in [2.05, 4.69) is 22.3 Å². The summed E-state index contributed by atoms with van der Waals surface area (Å²) in [7, 11) is 1.66. The van der Waals surface area contributed by atoms with Gasteiger partial charge in [-0.25, -0.2) is 8.78 Å². The van der Waals surface area contributed by atoms with Crippen LogP contribution >= 0.6 is 0 Å². The highest BCUT2D eigenvalue weighted by Crippen LogP contribution is 2.29. The number of benzene rings is 2. The molecule has 1 heterocycles. The molecule has 1 fully saturated rings. The number of hydrogen-bond donors (Lipinski definition) is 1. The van der Waals surface area contributed by atoms with Crippen LogP contribution in [-0.4, -0.2) is 43.5 Å². The molecule has 0 unspecified atom stereocenters. The molecule has 1 amide bonds. The second kappa shape index (κ2) is 10.2. The topological polar surface area (TPSA) is 74.6 Å². The van der Waals surface area contributed by atoms with Crippen LogP contribution in [0.3, 0.4) is 0 Å². The Hall–Kier alpha value is -3.18. The average Bonchev–Trinajstić information content (AvgIpc) is 2.73. The lowest BCUT2D eigenvalue weighted by Crippen LogP contribution is -2.52. The van der Waals surface area contributed by atoms with Gasteiger partial charge < -0.3 is 14.8 Å². The minimum absolute atomic E-state index is 0.0633. The van der Waals surface area contributed by atoms with Crippen molar-refractivity contribution in [2.75, 3.05) is 26.7 Å². The number of hydrogen-bond acceptors (Lipinski definition) is 5. The van der Waals surface area contributed by atoms with Gasteiger partial charge in [-0.05, 0) is 48.2 Å². The van der Waals surface area contributed by atoms with Crippen LogP contribution in [0.5, 0.6) is 11.5 Å². The van der Waals surface area contributed by atoms with Crippen molar-refractivity contribution in [3.8, 4) is 17.6 Å². The number of halogens is 2. The minimum atomic E-state index is -2.97. The average molecular weight is 458 g/mol. The number of nitrogens with one attached hydrogen (secondary N) is 1. The molecule has 0 radical (unpaired) electrons. The smallest absolute Gasteiger partial charge is 0.278 e. The van der Waals surface area contributed by atoms with Gasteiger partial charge >= 0.3 is 0 Å². The molecule has 0 spiro atoms. The van der Waals surface area contributed by atoms with Crippen molar-refractivity contribution in [2.24, 2.45) is 5.92 Å². The highest BCUT2D eigenvalue weighted by Gasteiger charge is 2.31. The quantitative estimate of drug-likeness (QED) is 0.617. The molecule has 6 nitrogen and oxygen atoms in total. The first-order valence-electron chi connectivity index (χ1n) is 10.8. The Labute approximate surface area is 193 Å². The minimum Gasteiger partial charge on any atom is -0.488 e. The summed E-state index contributed by atoms with van der Waals surface area (Å²) in [4.78, 5) is 13.9. The van der Waals surface area contributed by atoms with Crippen LogP contribution in [0.4, 0.5) is 8.78 Å². The van der Waals surface area contributed by atoms with E-state index in [4.69, 9.17) is 9.47 Å². The molecule has 1 aliphatic rings. The van der Waals surface area contributed by atoms with Crippen molar-refractivity contribution >= 4 is 5.91 Å². The van der Waals surface area contributed by atoms with Crippen molar-refractivity contribution in [3.05, 3.63) is 58.1 Å². The van der Waals surface area contributed by atoms with Crippen molar-refractivity contribution in [1.29, 1.82) is 5.26 Å². The Morgan fingerprint density at radius 1 is 1.18 bits per heavy atom. The van der Waals surface area contributed by atoms with Crippen LogP contribution < -0.4 is 14.8 Å². The van der Waals surface area contributed by atoms with Crippen molar-refractivity contribution in [3.63, 3.8) is 0 Å². The molecule has 33 heavy (non-hydrogen) atoms. The molecular formula is C25H29F2N3O3. The Balaban J connectivity index is 1.61. The van der Waals surface area contributed by atoms with Gasteiger partial charge in [0.1, 0.15) is 24.2 Å². The summed E-state index contributed by atoms with van der Waals surface area (Å²) in [5.41, 5.74) is 4.09. The summed E-state index contributed by atoms with van der Waals surface area (Å²) in [5, 5.41) is 12.0. The lowest BCUT2D eigenvalue weighted by molar-refractivity contribution is -0.129. The highest BCUT2D eigenvalue weighted by molar-refractivity contribution is 5.79. The zero-order valence-corrected chi connectivity index (χ0v) is 19.4. The Morgan fingerprint density at radius 2 is 1.85 bits per heavy atom. The standard InChI is InChI=1S/C25H29F2N3O3/c1-16-7-19(11-30-12-21(13-30)24(31)29-4)8-17(2)23(16)32-14-18-5-6-22(20(9-18)10-28)33-15-25(3,26)27/h5-9,21H,11-15H2,1-4H3,(H,29,31). The van der Waals surface area contributed by atoms with Gasteiger partial charge in [0, 0.05) is 33.6 Å². The summed E-state index contributed by atoms with van der Waals surface area (Å²) in [6.45, 7) is 6.48. The maximum atomic E-state index is 13.0. The van der Waals surface area contributed by atoms with E-state index in [1.54, 1.807) is 19.2 Å². The molecule has 8 heteroatoms. The third-order valence-corrected chi connectivity index (χ3v) is 5.53. The van der Waals surface area contributed by atoms with E-state index in [-0.39, 0.29) is 29.7 Å². The SMILES string of the molecule is CNC(=O)C1CN(Cc2cc(C)c(OCc3ccc(OCC(C)(F)F)c(C#N)c3)c(C)c2)C1. The number of likely N-dealkylation sites (tertiary alicyclic amines) is 1. The van der Waals surface area contributed by atoms with E-state index in [1.165, 1.54) is 6.07 Å². The first-order chi connectivity index (χ1) is 15.6. The van der Waals surface area contributed by atoms with E-state index in [1.807, 2.05) is 19.9 Å². The van der Waals surface area contributed by atoms with Crippen LogP contribution in [-0.2, 0) is 17.9 Å². The van der Waals surface area contributed by atoms with E-state index in [0.717, 1.165) is 54.6 Å². The zero-order valence-electron chi connectivity index (χ0n) is 19.4. The molecule has 0 atom stereocenters. The molecule has 1 N–H and O–H groups in total. The van der Waals surface area contributed by atoms with Gasteiger partial charge in [0.15, 0.2) is 6.61 Å². The van der Waals surface area contributed by atoms with Gasteiger partial charge in [-0.15, -0.1) is 0 Å². The predicted molar refractivity (Wildman–Crippen MR) is 120 cm³/mol. The maximum absolute atomic E-state index is 13.0. The number of nitriles is 1. The number of nitrogens with zero attached hydrogens (tertiary/aromatic N) is 2. The lowest BCUT2D eigenvalue weighted by atomic mass is 9.97. The van der Waals surface area contributed by atoms with Crippen LogP contribution in [0, 0.1) is 31.1 Å². The first-order valence-corrected chi connectivity index (χ1v) is 10.8. The molecule has 1 aliphatic heterocycles. The highest BCUT2D eigenvalue weighted by atomic mass is 19.3. The van der Waals surface area contributed by atoms with Crippen molar-refractivity contribution in [2.45, 2.75) is 39.8 Å². The van der Waals surface area contributed by atoms with Gasteiger partial charge in [-0.2, -0.15) is 5.26 Å². The van der Waals surface area contributed by atoms with Gasteiger partial charge in [0.25, 0.3) is 5.92 Å². The van der Waals surface area contributed by atoms with E-state index >= 15 is 0 Å². The van der Waals surface area contributed by atoms with Crippen LogP contribution in [0.1, 0.15) is 34.7 Å². The van der Waals surface area contributed by atoms with Gasteiger partial charge in [0.05, 0.1) is 11.5 Å². The van der Waals surface area contributed by atoms with E-state index in [9.17, 15) is 18.8 Å². The van der Waals surface area contributed by atoms with E-state index < -0.39 is 12.5 Å². The second-order valence-electron chi connectivity index (χ2n) is 8.65. The molecule has 2 aromatic rings. The second-order valence-corrected chi connectivity index (χ2v) is 8.65. The first kappa shape index (κ1) is 24.5. The number of rotatable bonds is 9. The fourth-order valence-corrected chi connectivity index (χ4v) is 3.93. The molecule has 3 rings (SSSR count). The lowest BCUT2D eigenvalue weighted by Gasteiger charge is -2.38. The Kier molecular flexibility index (Phi) is 7.54. The van der Waals surface area contributed by atoms with Gasteiger partial charge in [-0.1, -0.05) is 18.2 Å². The summed E-state index contributed by atoms with van der Waals surface area (Å²) < 4.78 is 37.2. The maximum Gasteiger partial charge on any atom is 0.278 e. The summed E-state index contributed by atoms with van der Waals surface area (Å²) >= 11 is 0. The number of alkyl halides is 2. The zero-order chi connectivity index (χ0) is 24.2. The molecule has 2 aromatic carbocycles. The third kappa shape index (κ3) is 6.42. The number of ether oxygens (including phenoxy) is 2. The monoisotopic (exact) mass is 457 g/mol. The van der Waals surface area contributed by atoms with E-state index in [0.29, 0.717) is 0 Å². The predicted octanol–water partition coefficient (Wildman–Crippen LogP) is 3.97. The fourth-order valence-electron chi connectivity index (χ4n) is 3.93. The molecule has 0 bridgehead atoms. The van der Waals surface area contributed by atoms with Crippen LogP contribution in [0.25, 0.3) is 0 Å². The van der Waals surface area contributed by atoms with Crippen molar-refractivity contribution < 1.29 is 23.0 Å². The van der Waals surface area contributed by atoms with Crippen molar-refractivity contribution in [1.82, 2.24) is 10.2 Å². The molecule has 176 valence electrons. The Bertz CT molecular complexity index is 1030. The fraction of sp³-hybridized carbons (Fsp3) is 0.440. The number of carbonyl (C=O) groups excluding carboxylic acids is 1. The van der Waals surface area contributed by atoms with Crippen LogP contribution in [0.15, 0.2) is 30.3 Å². The normalized spacial score (nSPS) is 14.3. The summed E-state index contributed by atoms with van der Waals surface area (Å²) in [6, 6.07) is 11.0. The molecule has 0 aliphatic carbocycles. The third-order valence-electron chi connectivity index (χ3n) is 5.53. The number of carbonyl (C=O) groups is 1. The summed E-state index contributed by atoms with van der Waals surface area (Å²) in [5.74, 6) is -1.92. The molecule has 1 saturated heterocycles. The van der Waals surface area contributed by atoms with Gasteiger partial charge in [0.2, 0.25) is 5.91 Å². The number of amides is 1. The molecule has 0 saturated carbocycles. The molecular weight excluding hydrogens is 428 g/mol. The summed E-state index contributed by atoms with van der Waals surface area (Å²) in [6.07, 6.45) is 0. The Morgan fingerprint density at radius 3 is 2.42 bits per heavy atom. The van der Waals surface area contributed by atoms with Crippen LogP contribution in [0.2, 0.25) is 0 Å². The largest absolute Gasteiger partial charge is 0.488 e. The van der Waals surface area contributed by atoms with Gasteiger partial charge in [-0.3, -0.25) is 9.69 Å². The molecule has 0 aromatic heterocycles. The number of aryl methyl sites for hydroxylation is 2.